The Labute approximate surface area is 124 Å². The Morgan fingerprint density at radius 2 is 2.33 bits per heavy atom. The van der Waals surface area contributed by atoms with E-state index >= 15 is 0 Å². The molecule has 1 aliphatic rings. The number of carbonyl (C=O) groups is 2. The van der Waals surface area contributed by atoms with E-state index in [0.29, 0.717) is 24.9 Å². The van der Waals surface area contributed by atoms with Crippen molar-refractivity contribution in [2.45, 2.75) is 25.8 Å². The zero-order valence-electron chi connectivity index (χ0n) is 12.0. The summed E-state index contributed by atoms with van der Waals surface area (Å²) in [5.41, 5.74) is 7.63. The summed E-state index contributed by atoms with van der Waals surface area (Å²) in [7, 11) is 0. The van der Waals surface area contributed by atoms with Gasteiger partial charge >= 0.3 is 0 Å². The van der Waals surface area contributed by atoms with E-state index in [-0.39, 0.29) is 24.4 Å². The lowest BCUT2D eigenvalue weighted by Gasteiger charge is -2.23. The van der Waals surface area contributed by atoms with Gasteiger partial charge in [0.25, 0.3) is 5.91 Å². The molecule has 2 amide bonds. The first kappa shape index (κ1) is 15.1. The van der Waals surface area contributed by atoms with Gasteiger partial charge in [-0.25, -0.2) is 0 Å². The van der Waals surface area contributed by atoms with Crippen molar-refractivity contribution in [2.75, 3.05) is 13.1 Å². The highest BCUT2D eigenvalue weighted by molar-refractivity contribution is 5.96. The van der Waals surface area contributed by atoms with Crippen LogP contribution in [0.3, 0.4) is 0 Å². The molecule has 1 heterocycles. The van der Waals surface area contributed by atoms with E-state index in [1.54, 1.807) is 6.07 Å². The van der Waals surface area contributed by atoms with E-state index in [4.69, 9.17) is 5.73 Å². The van der Waals surface area contributed by atoms with Gasteiger partial charge in [-0.15, -0.1) is 0 Å². The van der Waals surface area contributed by atoms with Gasteiger partial charge in [-0.05, 0) is 31.0 Å². The maximum absolute atomic E-state index is 12.3. The van der Waals surface area contributed by atoms with Gasteiger partial charge in [0.1, 0.15) is 0 Å². The molecule has 0 saturated carbocycles. The highest BCUT2D eigenvalue weighted by atomic mass is 16.2. The van der Waals surface area contributed by atoms with Crippen LogP contribution in [0.1, 0.15) is 34.3 Å². The van der Waals surface area contributed by atoms with E-state index < -0.39 is 0 Å². The molecule has 21 heavy (non-hydrogen) atoms. The molecule has 1 aromatic rings. The lowest BCUT2D eigenvalue weighted by Crippen LogP contribution is -2.47. The molecule has 0 spiro atoms. The molecule has 0 radical (unpaired) electrons. The number of nitrogens with one attached hydrogen (secondary N) is 2. The molecule has 1 aromatic carbocycles. The van der Waals surface area contributed by atoms with E-state index in [1.807, 2.05) is 19.1 Å². The number of rotatable bonds is 2. The Bertz CT molecular complexity index is 604. The molecule has 0 aromatic heterocycles. The molecule has 110 valence electrons. The van der Waals surface area contributed by atoms with Gasteiger partial charge in [0.15, 0.2) is 0 Å². The number of hydrogen-bond acceptors (Lipinski definition) is 3. The van der Waals surface area contributed by atoms with Gasteiger partial charge in [-0.3, -0.25) is 9.59 Å². The quantitative estimate of drug-likeness (QED) is 0.684. The maximum Gasteiger partial charge on any atom is 0.251 e. The molecule has 4 N–H and O–H groups in total. The van der Waals surface area contributed by atoms with Crippen molar-refractivity contribution in [1.82, 2.24) is 10.6 Å². The van der Waals surface area contributed by atoms with Crippen LogP contribution in [0.4, 0.5) is 0 Å². The van der Waals surface area contributed by atoms with Crippen molar-refractivity contribution in [3.63, 3.8) is 0 Å². The van der Waals surface area contributed by atoms with Crippen molar-refractivity contribution in [1.29, 1.82) is 0 Å². The first-order valence-corrected chi connectivity index (χ1v) is 6.98. The summed E-state index contributed by atoms with van der Waals surface area (Å²) in [4.78, 5) is 23.5. The summed E-state index contributed by atoms with van der Waals surface area (Å²) >= 11 is 0. The zero-order chi connectivity index (χ0) is 15.2. The van der Waals surface area contributed by atoms with Crippen LogP contribution in [0.2, 0.25) is 0 Å². The summed E-state index contributed by atoms with van der Waals surface area (Å²) < 4.78 is 0. The van der Waals surface area contributed by atoms with Crippen LogP contribution in [0.5, 0.6) is 0 Å². The zero-order valence-corrected chi connectivity index (χ0v) is 12.0. The van der Waals surface area contributed by atoms with Crippen LogP contribution in [-0.2, 0) is 4.79 Å². The van der Waals surface area contributed by atoms with Crippen molar-refractivity contribution in [3.8, 4) is 11.8 Å². The third-order valence-corrected chi connectivity index (χ3v) is 3.50. The maximum atomic E-state index is 12.3. The SMILES string of the molecule is Cc1c(C#CCN)cccc1C(=O)NC1CCC(=O)NC1. The summed E-state index contributed by atoms with van der Waals surface area (Å²) in [6.07, 6.45) is 1.12. The Balaban J connectivity index is 2.10. The minimum Gasteiger partial charge on any atom is -0.354 e. The van der Waals surface area contributed by atoms with Gasteiger partial charge in [0.2, 0.25) is 5.91 Å². The number of nitrogens with two attached hydrogens (primary N) is 1. The molecule has 5 nitrogen and oxygen atoms in total. The number of benzene rings is 1. The van der Waals surface area contributed by atoms with Gasteiger partial charge < -0.3 is 16.4 Å². The summed E-state index contributed by atoms with van der Waals surface area (Å²) in [6.45, 7) is 2.64. The second kappa shape index (κ2) is 6.91. The molecule has 1 aliphatic heterocycles. The summed E-state index contributed by atoms with van der Waals surface area (Å²) in [5, 5.41) is 5.71. The largest absolute Gasteiger partial charge is 0.354 e. The molecule has 1 unspecified atom stereocenters. The lowest BCUT2D eigenvalue weighted by molar-refractivity contribution is -0.122. The average molecular weight is 285 g/mol. The molecule has 1 fully saturated rings. The number of carbonyl (C=O) groups excluding carboxylic acids is 2. The monoisotopic (exact) mass is 285 g/mol. The summed E-state index contributed by atoms with van der Waals surface area (Å²) in [5.74, 6) is 5.67. The third-order valence-electron chi connectivity index (χ3n) is 3.50. The predicted octanol–water partition coefficient (Wildman–Crippen LogP) is 0.314. The second-order valence-corrected chi connectivity index (χ2v) is 5.00. The molecule has 0 aliphatic carbocycles. The number of piperidine rings is 1. The normalized spacial score (nSPS) is 17.4. The van der Waals surface area contributed by atoms with E-state index in [1.165, 1.54) is 0 Å². The standard InChI is InChI=1S/C16H19N3O2/c1-11-12(5-3-9-17)4-2-6-14(11)16(21)19-13-7-8-15(20)18-10-13/h2,4,6,13H,7-10,17H2,1H3,(H,18,20)(H,19,21). The molecule has 1 atom stereocenters. The highest BCUT2D eigenvalue weighted by Gasteiger charge is 2.21. The Morgan fingerprint density at radius 3 is 3.00 bits per heavy atom. The van der Waals surface area contributed by atoms with Gasteiger partial charge in [-0.2, -0.15) is 0 Å². The van der Waals surface area contributed by atoms with Crippen LogP contribution >= 0.6 is 0 Å². The molecule has 2 rings (SSSR count). The Hall–Kier alpha value is -2.32. The van der Waals surface area contributed by atoms with Gasteiger partial charge in [0, 0.05) is 30.1 Å². The molecule has 0 bridgehead atoms. The number of amides is 2. The molecule has 5 heteroatoms. The van der Waals surface area contributed by atoms with Crippen LogP contribution in [-0.4, -0.2) is 30.9 Å². The molecular weight excluding hydrogens is 266 g/mol. The fraction of sp³-hybridized carbons (Fsp3) is 0.375. The molecular formula is C16H19N3O2. The van der Waals surface area contributed by atoms with Crippen LogP contribution in [0, 0.1) is 18.8 Å². The van der Waals surface area contributed by atoms with Crippen LogP contribution in [0.15, 0.2) is 18.2 Å². The highest BCUT2D eigenvalue weighted by Crippen LogP contribution is 2.14. The summed E-state index contributed by atoms with van der Waals surface area (Å²) in [6, 6.07) is 5.44. The minimum absolute atomic E-state index is 0.0200. The topological polar surface area (TPSA) is 84.2 Å². The van der Waals surface area contributed by atoms with E-state index in [0.717, 1.165) is 11.1 Å². The second-order valence-electron chi connectivity index (χ2n) is 5.00. The predicted molar refractivity (Wildman–Crippen MR) is 80.6 cm³/mol. The first-order chi connectivity index (χ1) is 10.1. The van der Waals surface area contributed by atoms with Crippen LogP contribution in [0.25, 0.3) is 0 Å². The van der Waals surface area contributed by atoms with Crippen molar-refractivity contribution >= 4 is 11.8 Å². The van der Waals surface area contributed by atoms with Crippen LogP contribution < -0.4 is 16.4 Å². The fourth-order valence-electron chi connectivity index (χ4n) is 2.28. The minimum atomic E-state index is -0.134. The van der Waals surface area contributed by atoms with Crippen molar-refractivity contribution in [3.05, 3.63) is 34.9 Å². The third kappa shape index (κ3) is 3.83. The first-order valence-electron chi connectivity index (χ1n) is 6.98. The lowest BCUT2D eigenvalue weighted by atomic mass is 10.0. The fourth-order valence-corrected chi connectivity index (χ4v) is 2.28. The van der Waals surface area contributed by atoms with Crippen molar-refractivity contribution in [2.24, 2.45) is 5.73 Å². The van der Waals surface area contributed by atoms with Crippen molar-refractivity contribution < 1.29 is 9.59 Å². The Kier molecular flexibility index (Phi) is 4.96. The van der Waals surface area contributed by atoms with E-state index in [9.17, 15) is 9.59 Å². The Morgan fingerprint density at radius 1 is 1.52 bits per heavy atom. The van der Waals surface area contributed by atoms with Gasteiger partial charge in [-0.1, -0.05) is 17.9 Å². The van der Waals surface area contributed by atoms with E-state index in [2.05, 4.69) is 22.5 Å². The smallest absolute Gasteiger partial charge is 0.251 e. The van der Waals surface area contributed by atoms with Gasteiger partial charge in [0.05, 0.1) is 6.54 Å². The average Bonchev–Trinajstić information content (AvgIpc) is 2.48. The number of hydrogen-bond donors (Lipinski definition) is 3. The molecule has 1 saturated heterocycles.